The summed E-state index contributed by atoms with van der Waals surface area (Å²) in [5, 5.41) is 41.5. The average Bonchev–Trinajstić information content (AvgIpc) is 2.69. The van der Waals surface area contributed by atoms with Gasteiger partial charge in [0.15, 0.2) is 11.5 Å². The van der Waals surface area contributed by atoms with Gasteiger partial charge in [-0.3, -0.25) is 0 Å². The molecule has 2 unspecified atom stereocenters. The number of allylic oxidation sites excluding steroid dienone is 2. The van der Waals surface area contributed by atoms with Crippen molar-refractivity contribution in [2.45, 2.75) is 96.2 Å². The number of ether oxygens (including phenoxy) is 2. The lowest BCUT2D eigenvalue weighted by Crippen LogP contribution is -2.54. The number of aromatic hydroxyl groups is 1. The molecule has 1 aliphatic heterocycles. The Labute approximate surface area is 184 Å². The summed E-state index contributed by atoms with van der Waals surface area (Å²) in [4.78, 5) is 0. The Balaban J connectivity index is 1.85. The maximum atomic E-state index is 11.3. The van der Waals surface area contributed by atoms with E-state index in [0.29, 0.717) is 17.6 Å². The molecule has 1 heterocycles. The molecule has 4 rings (SSSR count). The first-order chi connectivity index (χ1) is 14.6. The van der Waals surface area contributed by atoms with Crippen LogP contribution in [0.3, 0.4) is 0 Å². The van der Waals surface area contributed by atoms with E-state index >= 15 is 0 Å². The van der Waals surface area contributed by atoms with Gasteiger partial charge in [-0.25, -0.2) is 0 Å². The van der Waals surface area contributed by atoms with Crippen molar-refractivity contribution in [3.63, 3.8) is 0 Å². The number of aliphatic hydroxyl groups is 3. The summed E-state index contributed by atoms with van der Waals surface area (Å²) in [6.45, 7) is 10.5. The zero-order valence-corrected chi connectivity index (χ0v) is 19.1. The van der Waals surface area contributed by atoms with Crippen molar-refractivity contribution in [3.05, 3.63) is 33.9 Å². The van der Waals surface area contributed by atoms with Crippen molar-refractivity contribution in [3.8, 4) is 11.5 Å². The van der Waals surface area contributed by atoms with Crippen LogP contribution in [0.2, 0.25) is 0 Å². The molecule has 2 aliphatic carbocycles. The second-order valence-corrected chi connectivity index (χ2v) is 10.1. The average molecular weight is 433 g/mol. The SMILES string of the molecule is CC(C)=C[C@@H]1C[C@H](C)[C@H]2CC[C@H](C)c3c(O)c(O[C@H]4OC[C@H](O)C(O)C4O)c(C)c1c32. The first-order valence-corrected chi connectivity index (χ1v) is 11.5. The molecule has 172 valence electrons. The summed E-state index contributed by atoms with van der Waals surface area (Å²) in [6, 6.07) is 0. The van der Waals surface area contributed by atoms with Gasteiger partial charge in [0.25, 0.3) is 0 Å². The molecule has 4 N–H and O–H groups in total. The highest BCUT2D eigenvalue weighted by atomic mass is 16.7. The van der Waals surface area contributed by atoms with Crippen molar-refractivity contribution in [1.82, 2.24) is 0 Å². The Morgan fingerprint density at radius 2 is 1.74 bits per heavy atom. The predicted octanol–water partition coefficient (Wildman–Crippen LogP) is 3.59. The minimum Gasteiger partial charge on any atom is -0.504 e. The molecule has 3 aliphatic rings. The number of hydrogen-bond donors (Lipinski definition) is 4. The summed E-state index contributed by atoms with van der Waals surface area (Å²) in [5.41, 5.74) is 5.58. The van der Waals surface area contributed by atoms with E-state index in [9.17, 15) is 20.4 Å². The molecule has 0 aromatic heterocycles. The van der Waals surface area contributed by atoms with Crippen LogP contribution < -0.4 is 4.74 Å². The summed E-state index contributed by atoms with van der Waals surface area (Å²) < 4.78 is 11.5. The van der Waals surface area contributed by atoms with Gasteiger partial charge in [-0.1, -0.05) is 25.5 Å². The Hall–Kier alpha value is -1.60. The highest BCUT2D eigenvalue weighted by Crippen LogP contribution is 2.58. The number of benzene rings is 1. The van der Waals surface area contributed by atoms with E-state index in [-0.39, 0.29) is 24.2 Å². The fraction of sp³-hybridized carbons (Fsp3) is 0.680. The molecule has 1 aromatic rings. The van der Waals surface area contributed by atoms with Crippen LogP contribution in [0.25, 0.3) is 0 Å². The lowest BCUT2D eigenvalue weighted by molar-refractivity contribution is -0.242. The maximum Gasteiger partial charge on any atom is 0.229 e. The molecule has 6 nitrogen and oxygen atoms in total. The number of rotatable bonds is 3. The summed E-state index contributed by atoms with van der Waals surface area (Å²) in [5.74, 6) is 1.84. The fourth-order valence-electron chi connectivity index (χ4n) is 5.94. The third-order valence-corrected chi connectivity index (χ3v) is 7.48. The zero-order valence-electron chi connectivity index (χ0n) is 19.1. The minimum absolute atomic E-state index is 0.120. The van der Waals surface area contributed by atoms with E-state index in [1.807, 2.05) is 6.92 Å². The van der Waals surface area contributed by atoms with Crippen LogP contribution >= 0.6 is 0 Å². The highest BCUT2D eigenvalue weighted by Gasteiger charge is 2.43. The van der Waals surface area contributed by atoms with E-state index in [2.05, 4.69) is 33.8 Å². The van der Waals surface area contributed by atoms with Gasteiger partial charge >= 0.3 is 0 Å². The molecule has 6 heteroatoms. The quantitative estimate of drug-likeness (QED) is 0.545. The first kappa shape index (κ1) is 22.6. The molecule has 1 aromatic carbocycles. The Kier molecular flexibility index (Phi) is 6.12. The van der Waals surface area contributed by atoms with E-state index in [4.69, 9.17) is 9.47 Å². The van der Waals surface area contributed by atoms with Crippen LogP contribution in [0.15, 0.2) is 11.6 Å². The van der Waals surface area contributed by atoms with Crippen molar-refractivity contribution < 1.29 is 29.9 Å². The molecule has 1 saturated heterocycles. The number of phenolic OH excluding ortho intramolecular Hbond substituents is 1. The second-order valence-electron chi connectivity index (χ2n) is 10.1. The molecule has 8 atom stereocenters. The number of hydrogen-bond acceptors (Lipinski definition) is 6. The monoisotopic (exact) mass is 432 g/mol. The highest BCUT2D eigenvalue weighted by molar-refractivity contribution is 5.64. The lowest BCUT2D eigenvalue weighted by Gasteiger charge is -2.44. The smallest absolute Gasteiger partial charge is 0.229 e. The second kappa shape index (κ2) is 8.39. The molecule has 0 saturated carbocycles. The van der Waals surface area contributed by atoms with Gasteiger partial charge in [0, 0.05) is 11.5 Å². The molecule has 31 heavy (non-hydrogen) atoms. The van der Waals surface area contributed by atoms with Crippen LogP contribution in [0.4, 0.5) is 0 Å². The Morgan fingerprint density at radius 3 is 2.42 bits per heavy atom. The van der Waals surface area contributed by atoms with Crippen LogP contribution in [-0.4, -0.2) is 51.6 Å². The lowest BCUT2D eigenvalue weighted by atomic mass is 9.62. The molecular formula is C25H36O6. The molecule has 0 spiro atoms. The van der Waals surface area contributed by atoms with Gasteiger partial charge in [0.2, 0.25) is 6.29 Å². The van der Waals surface area contributed by atoms with Gasteiger partial charge in [0.1, 0.15) is 18.3 Å². The number of phenols is 1. The maximum absolute atomic E-state index is 11.3. The van der Waals surface area contributed by atoms with Crippen LogP contribution in [0, 0.1) is 12.8 Å². The summed E-state index contributed by atoms with van der Waals surface area (Å²) >= 11 is 0. The minimum atomic E-state index is -1.41. The van der Waals surface area contributed by atoms with Gasteiger partial charge in [-0.15, -0.1) is 0 Å². The normalized spacial score (nSPS) is 37.2. The van der Waals surface area contributed by atoms with Crippen molar-refractivity contribution in [2.24, 2.45) is 5.92 Å². The Morgan fingerprint density at radius 1 is 1.03 bits per heavy atom. The molecule has 1 fully saturated rings. The topological polar surface area (TPSA) is 99.4 Å². The largest absolute Gasteiger partial charge is 0.504 e. The zero-order chi connectivity index (χ0) is 22.6. The van der Waals surface area contributed by atoms with Crippen molar-refractivity contribution >= 4 is 0 Å². The summed E-state index contributed by atoms with van der Waals surface area (Å²) in [6.07, 6.45) is 0.395. The molecular weight excluding hydrogens is 396 g/mol. The third-order valence-electron chi connectivity index (χ3n) is 7.48. The number of aliphatic hydroxyl groups excluding tert-OH is 3. The van der Waals surface area contributed by atoms with Gasteiger partial charge in [-0.2, -0.15) is 0 Å². The van der Waals surface area contributed by atoms with E-state index in [1.54, 1.807) is 0 Å². The van der Waals surface area contributed by atoms with Crippen molar-refractivity contribution in [2.75, 3.05) is 6.61 Å². The van der Waals surface area contributed by atoms with Gasteiger partial charge in [-0.05, 0) is 74.5 Å². The molecule has 0 radical (unpaired) electrons. The molecule has 0 amide bonds. The first-order valence-electron chi connectivity index (χ1n) is 11.5. The fourth-order valence-corrected chi connectivity index (χ4v) is 5.94. The van der Waals surface area contributed by atoms with Crippen LogP contribution in [0.1, 0.15) is 87.0 Å². The van der Waals surface area contributed by atoms with Crippen molar-refractivity contribution in [1.29, 1.82) is 0 Å². The predicted molar refractivity (Wildman–Crippen MR) is 118 cm³/mol. The van der Waals surface area contributed by atoms with Crippen LogP contribution in [-0.2, 0) is 4.74 Å². The van der Waals surface area contributed by atoms with Crippen LogP contribution in [0.5, 0.6) is 11.5 Å². The van der Waals surface area contributed by atoms with E-state index in [0.717, 1.165) is 30.4 Å². The Bertz CT molecular complexity index is 873. The third kappa shape index (κ3) is 3.78. The summed E-state index contributed by atoms with van der Waals surface area (Å²) in [7, 11) is 0. The molecule has 0 bridgehead atoms. The van der Waals surface area contributed by atoms with Gasteiger partial charge in [0.05, 0.1) is 6.61 Å². The van der Waals surface area contributed by atoms with E-state index < -0.39 is 24.6 Å². The van der Waals surface area contributed by atoms with Gasteiger partial charge < -0.3 is 29.9 Å². The van der Waals surface area contributed by atoms with E-state index in [1.165, 1.54) is 16.7 Å². The standard InChI is InChI=1S/C25H36O6/c1-11(2)8-15-9-13(4)16-7-6-12(3)18-20(16)19(15)14(5)24(22(18)28)31-25-23(29)21(27)17(26)10-30-25/h8,12-13,15-17,21,23,25-29H,6-7,9-10H2,1-5H3/t12-,13-,15+,16+,17-,21?,23?,25+/m0/s1.